The summed E-state index contributed by atoms with van der Waals surface area (Å²) in [5, 5.41) is 2.81. The van der Waals surface area contributed by atoms with Gasteiger partial charge >= 0.3 is 5.82 Å². The summed E-state index contributed by atoms with van der Waals surface area (Å²) in [6.45, 7) is 0. The maximum absolute atomic E-state index is 12.2. The minimum atomic E-state index is -0.198. The van der Waals surface area contributed by atoms with Gasteiger partial charge in [0.05, 0.1) is 14.1 Å². The second-order valence-electron chi connectivity index (χ2n) is 5.08. The van der Waals surface area contributed by atoms with Crippen molar-refractivity contribution in [2.75, 3.05) is 0 Å². The number of para-hydroxylation sites is 2. The molecule has 0 radical (unpaired) electrons. The van der Waals surface area contributed by atoms with Crippen molar-refractivity contribution in [3.05, 3.63) is 66.0 Å². The Morgan fingerprint density at radius 1 is 1.09 bits per heavy atom. The van der Waals surface area contributed by atoms with Gasteiger partial charge in [-0.1, -0.05) is 42.5 Å². The Morgan fingerprint density at radius 3 is 2.41 bits per heavy atom. The zero-order valence-electron chi connectivity index (χ0n) is 12.4. The molecule has 0 aliphatic heterocycles. The van der Waals surface area contributed by atoms with Gasteiger partial charge in [0.1, 0.15) is 0 Å². The first-order valence-corrected chi connectivity index (χ1v) is 7.34. The van der Waals surface area contributed by atoms with E-state index in [0.29, 0.717) is 10.6 Å². The van der Waals surface area contributed by atoms with Crippen molar-refractivity contribution in [3.63, 3.8) is 0 Å². The molecule has 0 saturated heterocycles. The maximum atomic E-state index is 12.2. The summed E-state index contributed by atoms with van der Waals surface area (Å²) < 4.78 is 3.98. The van der Waals surface area contributed by atoms with Crippen LogP contribution >= 0.6 is 12.2 Å². The van der Waals surface area contributed by atoms with Crippen LogP contribution in [0.2, 0.25) is 0 Å². The standard InChI is InChI=1S/C17H15N3OS/c1-19-13-10-6-7-11-14(13)20(2)17(19)16(22)18-15(21)12-8-4-3-5-9-12/h3-11H,1-2H3/p+1. The number of carbonyl (C=O) groups excluding carboxylic acids is 1. The SMILES string of the molecule is Cn1c(C(=S)NC(=O)c2ccccc2)[n+](C)c2ccccc21. The number of thiocarbonyl (C=S) groups is 1. The van der Waals surface area contributed by atoms with Gasteiger partial charge in [0.2, 0.25) is 0 Å². The quantitative estimate of drug-likeness (QED) is 0.581. The summed E-state index contributed by atoms with van der Waals surface area (Å²) in [7, 11) is 3.89. The third kappa shape index (κ3) is 2.40. The molecule has 0 fully saturated rings. The maximum Gasteiger partial charge on any atom is 0.317 e. The molecule has 1 heterocycles. The minimum absolute atomic E-state index is 0.198. The Labute approximate surface area is 134 Å². The van der Waals surface area contributed by atoms with E-state index >= 15 is 0 Å². The van der Waals surface area contributed by atoms with E-state index < -0.39 is 0 Å². The molecule has 1 N–H and O–H groups in total. The minimum Gasteiger partial charge on any atom is -0.306 e. The third-order valence-corrected chi connectivity index (χ3v) is 3.99. The van der Waals surface area contributed by atoms with E-state index in [4.69, 9.17) is 12.2 Å². The highest BCUT2D eigenvalue weighted by molar-refractivity contribution is 7.80. The number of amides is 1. The largest absolute Gasteiger partial charge is 0.317 e. The topological polar surface area (TPSA) is 37.9 Å². The predicted octanol–water partition coefficient (Wildman–Crippen LogP) is 2.11. The molecule has 110 valence electrons. The number of imidazole rings is 1. The number of nitrogens with one attached hydrogen (secondary N) is 1. The van der Waals surface area contributed by atoms with Gasteiger partial charge in [0, 0.05) is 5.56 Å². The molecule has 3 rings (SSSR count). The van der Waals surface area contributed by atoms with Crippen molar-refractivity contribution in [3.8, 4) is 0 Å². The van der Waals surface area contributed by atoms with Crippen molar-refractivity contribution in [2.45, 2.75) is 0 Å². The summed E-state index contributed by atoms with van der Waals surface area (Å²) >= 11 is 5.44. The first-order chi connectivity index (χ1) is 10.6. The average Bonchev–Trinajstić information content (AvgIpc) is 2.80. The first kappa shape index (κ1) is 14.4. The summed E-state index contributed by atoms with van der Waals surface area (Å²) in [4.78, 5) is 12.7. The molecular weight excluding hydrogens is 294 g/mol. The van der Waals surface area contributed by atoms with Gasteiger partial charge in [-0.25, -0.2) is 9.13 Å². The van der Waals surface area contributed by atoms with Gasteiger partial charge in [-0.15, -0.1) is 0 Å². The Hall–Kier alpha value is -2.53. The lowest BCUT2D eigenvalue weighted by atomic mass is 10.2. The lowest BCUT2D eigenvalue weighted by molar-refractivity contribution is -0.647. The number of aryl methyl sites for hydroxylation is 2. The van der Waals surface area contributed by atoms with Crippen LogP contribution < -0.4 is 9.88 Å². The fraction of sp³-hybridized carbons (Fsp3) is 0.118. The first-order valence-electron chi connectivity index (χ1n) is 6.94. The van der Waals surface area contributed by atoms with Crippen molar-refractivity contribution in [1.29, 1.82) is 0 Å². The molecule has 0 spiro atoms. The smallest absolute Gasteiger partial charge is 0.306 e. The number of fused-ring (bicyclic) bond motifs is 1. The van der Waals surface area contributed by atoms with Gasteiger partial charge in [-0.2, -0.15) is 0 Å². The van der Waals surface area contributed by atoms with Gasteiger partial charge in [-0.05, 0) is 24.3 Å². The van der Waals surface area contributed by atoms with E-state index in [-0.39, 0.29) is 5.91 Å². The second kappa shape index (κ2) is 5.69. The number of aromatic nitrogens is 2. The molecule has 1 aromatic heterocycles. The zero-order chi connectivity index (χ0) is 15.7. The van der Waals surface area contributed by atoms with Crippen LogP contribution in [-0.2, 0) is 14.1 Å². The fourth-order valence-corrected chi connectivity index (χ4v) is 2.98. The van der Waals surface area contributed by atoms with E-state index in [0.717, 1.165) is 16.9 Å². The summed E-state index contributed by atoms with van der Waals surface area (Å²) in [5.74, 6) is 0.594. The molecule has 0 saturated carbocycles. The average molecular weight is 310 g/mol. The van der Waals surface area contributed by atoms with E-state index in [1.54, 1.807) is 12.1 Å². The third-order valence-electron chi connectivity index (χ3n) is 3.71. The number of benzene rings is 2. The highest BCUT2D eigenvalue weighted by Gasteiger charge is 2.24. The van der Waals surface area contributed by atoms with Crippen molar-refractivity contribution >= 4 is 34.1 Å². The molecule has 1 amide bonds. The lowest BCUT2D eigenvalue weighted by Gasteiger charge is -2.04. The molecule has 0 unspecified atom stereocenters. The van der Waals surface area contributed by atoms with Gasteiger partial charge in [-0.3, -0.25) is 4.79 Å². The van der Waals surface area contributed by atoms with E-state index in [2.05, 4.69) is 5.32 Å². The van der Waals surface area contributed by atoms with E-state index in [1.165, 1.54) is 0 Å². The van der Waals surface area contributed by atoms with Crippen LogP contribution in [-0.4, -0.2) is 15.5 Å². The van der Waals surface area contributed by atoms with E-state index in [9.17, 15) is 4.79 Å². The Bertz CT molecular complexity index is 829. The highest BCUT2D eigenvalue weighted by atomic mass is 32.1. The molecule has 0 aliphatic rings. The molecule has 0 atom stereocenters. The van der Waals surface area contributed by atoms with Crippen LogP contribution in [0.4, 0.5) is 0 Å². The zero-order valence-corrected chi connectivity index (χ0v) is 13.2. The fourth-order valence-electron chi connectivity index (χ4n) is 2.61. The molecular formula is C17H16N3OS+. The number of carbonyl (C=O) groups is 1. The summed E-state index contributed by atoms with van der Waals surface area (Å²) in [6, 6.07) is 17.1. The van der Waals surface area contributed by atoms with Crippen molar-refractivity contribution in [2.24, 2.45) is 14.1 Å². The number of nitrogens with zero attached hydrogens (tertiary/aromatic N) is 2. The van der Waals surface area contributed by atoms with E-state index in [1.807, 2.05) is 65.7 Å². The summed E-state index contributed by atoms with van der Waals surface area (Å²) in [6.07, 6.45) is 0. The molecule has 4 nitrogen and oxygen atoms in total. The monoisotopic (exact) mass is 310 g/mol. The molecule has 0 aliphatic carbocycles. The molecule has 5 heteroatoms. The van der Waals surface area contributed by atoms with Crippen LogP contribution in [0, 0.1) is 0 Å². The van der Waals surface area contributed by atoms with Crippen LogP contribution in [0.1, 0.15) is 16.2 Å². The highest BCUT2D eigenvalue weighted by Crippen LogP contribution is 2.12. The Balaban J connectivity index is 1.95. The number of hydrogen-bond acceptors (Lipinski definition) is 2. The lowest BCUT2D eigenvalue weighted by Crippen LogP contribution is -2.42. The normalized spacial score (nSPS) is 10.6. The van der Waals surface area contributed by atoms with Crippen LogP contribution in [0.5, 0.6) is 0 Å². The van der Waals surface area contributed by atoms with Crippen molar-refractivity contribution in [1.82, 2.24) is 9.88 Å². The van der Waals surface area contributed by atoms with Gasteiger partial charge < -0.3 is 5.32 Å². The second-order valence-corrected chi connectivity index (χ2v) is 5.49. The van der Waals surface area contributed by atoms with Gasteiger partial charge in [0.25, 0.3) is 5.91 Å². The molecule has 22 heavy (non-hydrogen) atoms. The van der Waals surface area contributed by atoms with Gasteiger partial charge in [0.15, 0.2) is 16.0 Å². The molecule has 3 aromatic rings. The van der Waals surface area contributed by atoms with Crippen LogP contribution in [0.15, 0.2) is 54.6 Å². The van der Waals surface area contributed by atoms with Crippen molar-refractivity contribution < 1.29 is 9.36 Å². The van der Waals surface area contributed by atoms with Crippen LogP contribution in [0.25, 0.3) is 11.0 Å². The number of rotatable bonds is 2. The molecule has 0 bridgehead atoms. The Morgan fingerprint density at radius 2 is 1.73 bits per heavy atom. The number of hydrogen-bond donors (Lipinski definition) is 1. The molecule has 2 aromatic carbocycles. The predicted molar refractivity (Wildman–Crippen MR) is 89.7 cm³/mol. The Kier molecular flexibility index (Phi) is 3.73. The van der Waals surface area contributed by atoms with Crippen LogP contribution in [0.3, 0.4) is 0 Å². The summed E-state index contributed by atoms with van der Waals surface area (Å²) in [5.41, 5.74) is 2.72.